The van der Waals surface area contributed by atoms with E-state index in [9.17, 15) is 4.79 Å². The lowest BCUT2D eigenvalue weighted by atomic mass is 9.96. The largest absolute Gasteiger partial charge is 0.491 e. The fourth-order valence-corrected chi connectivity index (χ4v) is 2.24. The van der Waals surface area contributed by atoms with E-state index in [4.69, 9.17) is 22.1 Å². The Hall–Kier alpha value is -1.26. The first kappa shape index (κ1) is 15.1. The third kappa shape index (κ3) is 3.44. The van der Waals surface area contributed by atoms with Crippen molar-refractivity contribution in [2.45, 2.75) is 38.6 Å². The maximum atomic E-state index is 12.3. The summed E-state index contributed by atoms with van der Waals surface area (Å²) >= 11 is 5.99. The molecule has 0 aliphatic heterocycles. The molecule has 4 nitrogen and oxygen atoms in total. The highest BCUT2D eigenvalue weighted by molar-refractivity contribution is 6.31. The zero-order valence-corrected chi connectivity index (χ0v) is 12.7. The first-order valence-corrected chi connectivity index (χ1v) is 7.35. The van der Waals surface area contributed by atoms with Crippen molar-refractivity contribution in [3.63, 3.8) is 0 Å². The predicted molar refractivity (Wildman–Crippen MR) is 81.2 cm³/mol. The lowest BCUT2D eigenvalue weighted by Crippen LogP contribution is -2.50. The number of nitrogens with two attached hydrogens (primary N) is 1. The highest BCUT2D eigenvalue weighted by Crippen LogP contribution is 2.39. The summed E-state index contributed by atoms with van der Waals surface area (Å²) in [4.78, 5) is 12.3. The van der Waals surface area contributed by atoms with Crippen molar-refractivity contribution >= 4 is 23.2 Å². The van der Waals surface area contributed by atoms with Gasteiger partial charge in [0.15, 0.2) is 0 Å². The van der Waals surface area contributed by atoms with Gasteiger partial charge in [0.05, 0.1) is 17.8 Å². The van der Waals surface area contributed by atoms with Gasteiger partial charge >= 0.3 is 0 Å². The van der Waals surface area contributed by atoms with Crippen molar-refractivity contribution in [3.8, 4) is 5.75 Å². The van der Waals surface area contributed by atoms with E-state index < -0.39 is 5.54 Å². The summed E-state index contributed by atoms with van der Waals surface area (Å²) in [5.41, 5.74) is 5.85. The standard InChI is InChI=1S/C15H21ClN2O2/c1-3-8-20-13-7-6-11(16)9-12(13)18-14(19)15(2,17)10-4-5-10/h6-7,9-10H,3-5,8,17H2,1-2H3,(H,18,19). The molecular weight excluding hydrogens is 276 g/mol. The molecule has 0 radical (unpaired) electrons. The van der Waals surface area contributed by atoms with E-state index in [1.807, 2.05) is 6.92 Å². The van der Waals surface area contributed by atoms with Crippen molar-refractivity contribution in [3.05, 3.63) is 23.2 Å². The Kier molecular flexibility index (Phi) is 4.55. The second-order valence-electron chi connectivity index (χ2n) is 5.50. The Labute approximate surface area is 124 Å². The summed E-state index contributed by atoms with van der Waals surface area (Å²) in [5, 5.41) is 3.40. The van der Waals surface area contributed by atoms with Crippen molar-refractivity contribution in [1.29, 1.82) is 0 Å². The van der Waals surface area contributed by atoms with Crippen molar-refractivity contribution in [2.24, 2.45) is 11.7 Å². The minimum atomic E-state index is -0.843. The van der Waals surface area contributed by atoms with Gasteiger partial charge in [0.25, 0.3) is 0 Å². The number of carbonyl (C=O) groups is 1. The zero-order chi connectivity index (χ0) is 14.8. The monoisotopic (exact) mass is 296 g/mol. The van der Waals surface area contributed by atoms with Crippen LogP contribution in [0.1, 0.15) is 33.1 Å². The fraction of sp³-hybridized carbons (Fsp3) is 0.533. The van der Waals surface area contributed by atoms with Gasteiger partial charge in [-0.2, -0.15) is 0 Å². The molecule has 2 rings (SSSR count). The first-order valence-electron chi connectivity index (χ1n) is 6.97. The SMILES string of the molecule is CCCOc1ccc(Cl)cc1NC(=O)C(C)(N)C1CC1. The van der Waals surface area contributed by atoms with Gasteiger partial charge in [-0.3, -0.25) is 4.79 Å². The van der Waals surface area contributed by atoms with Crippen LogP contribution in [-0.2, 0) is 4.79 Å². The molecule has 20 heavy (non-hydrogen) atoms. The van der Waals surface area contributed by atoms with Gasteiger partial charge in [0.1, 0.15) is 5.75 Å². The molecule has 1 aliphatic carbocycles. The van der Waals surface area contributed by atoms with Gasteiger partial charge in [-0.25, -0.2) is 0 Å². The van der Waals surface area contributed by atoms with E-state index in [0.29, 0.717) is 23.1 Å². The van der Waals surface area contributed by atoms with E-state index in [0.717, 1.165) is 19.3 Å². The van der Waals surface area contributed by atoms with Gasteiger partial charge < -0.3 is 15.8 Å². The van der Waals surface area contributed by atoms with E-state index >= 15 is 0 Å². The lowest BCUT2D eigenvalue weighted by Gasteiger charge is -2.24. The molecule has 110 valence electrons. The van der Waals surface area contributed by atoms with Crippen LogP contribution in [0.2, 0.25) is 5.02 Å². The Morgan fingerprint density at radius 2 is 2.25 bits per heavy atom. The quantitative estimate of drug-likeness (QED) is 0.847. The van der Waals surface area contributed by atoms with Crippen LogP contribution in [0.3, 0.4) is 0 Å². The first-order chi connectivity index (χ1) is 9.45. The number of hydrogen-bond donors (Lipinski definition) is 2. The molecule has 0 bridgehead atoms. The lowest BCUT2D eigenvalue weighted by molar-refractivity contribution is -0.121. The molecule has 1 unspecified atom stereocenters. The Morgan fingerprint density at radius 1 is 1.55 bits per heavy atom. The van der Waals surface area contributed by atoms with Gasteiger partial charge in [-0.05, 0) is 50.3 Å². The van der Waals surface area contributed by atoms with Gasteiger partial charge in [0.2, 0.25) is 5.91 Å². The van der Waals surface area contributed by atoms with Crippen LogP contribution in [0.15, 0.2) is 18.2 Å². The molecule has 1 saturated carbocycles. The third-order valence-corrected chi connectivity index (χ3v) is 3.80. The van der Waals surface area contributed by atoms with Gasteiger partial charge in [-0.1, -0.05) is 18.5 Å². The maximum absolute atomic E-state index is 12.3. The zero-order valence-electron chi connectivity index (χ0n) is 11.9. The van der Waals surface area contributed by atoms with Crippen molar-refractivity contribution in [1.82, 2.24) is 0 Å². The van der Waals surface area contributed by atoms with E-state index in [1.165, 1.54) is 0 Å². The molecule has 1 fully saturated rings. The predicted octanol–water partition coefficient (Wildman–Crippen LogP) is 3.19. The number of benzene rings is 1. The topological polar surface area (TPSA) is 64.3 Å². The van der Waals surface area contributed by atoms with Crippen LogP contribution < -0.4 is 15.8 Å². The number of halogens is 1. The molecule has 1 aromatic carbocycles. The summed E-state index contributed by atoms with van der Waals surface area (Å²) < 4.78 is 5.62. The minimum absolute atomic E-state index is 0.191. The van der Waals surface area contributed by atoms with Crippen LogP contribution in [0, 0.1) is 5.92 Å². The average molecular weight is 297 g/mol. The molecule has 0 heterocycles. The van der Waals surface area contributed by atoms with Crippen molar-refractivity contribution < 1.29 is 9.53 Å². The number of nitrogens with one attached hydrogen (secondary N) is 1. The van der Waals surface area contributed by atoms with E-state index in [1.54, 1.807) is 25.1 Å². The summed E-state index contributed by atoms with van der Waals surface area (Å²) in [7, 11) is 0. The Morgan fingerprint density at radius 3 is 2.85 bits per heavy atom. The molecule has 0 aromatic heterocycles. The van der Waals surface area contributed by atoms with Crippen LogP contribution in [-0.4, -0.2) is 18.1 Å². The molecule has 0 spiro atoms. The second kappa shape index (κ2) is 6.02. The van der Waals surface area contributed by atoms with E-state index in [2.05, 4.69) is 5.32 Å². The summed E-state index contributed by atoms with van der Waals surface area (Å²) in [6, 6.07) is 5.19. The highest BCUT2D eigenvalue weighted by atomic mass is 35.5. The molecule has 1 aliphatic rings. The fourth-order valence-electron chi connectivity index (χ4n) is 2.06. The number of hydrogen-bond acceptors (Lipinski definition) is 3. The number of amides is 1. The summed E-state index contributed by atoms with van der Waals surface area (Å²) in [6.07, 6.45) is 2.91. The Bertz CT molecular complexity index is 499. The molecular formula is C15H21ClN2O2. The molecule has 3 N–H and O–H groups in total. The summed E-state index contributed by atoms with van der Waals surface area (Å²) in [6.45, 7) is 4.39. The highest BCUT2D eigenvalue weighted by Gasteiger charge is 2.44. The molecule has 1 atom stereocenters. The van der Waals surface area contributed by atoms with Crippen LogP contribution in [0.5, 0.6) is 5.75 Å². The smallest absolute Gasteiger partial charge is 0.244 e. The second-order valence-corrected chi connectivity index (χ2v) is 5.94. The van der Waals surface area contributed by atoms with Crippen LogP contribution in [0.25, 0.3) is 0 Å². The van der Waals surface area contributed by atoms with Gasteiger partial charge in [0, 0.05) is 5.02 Å². The summed E-state index contributed by atoms with van der Waals surface area (Å²) in [5.74, 6) is 0.696. The molecule has 5 heteroatoms. The third-order valence-electron chi connectivity index (χ3n) is 3.57. The van der Waals surface area contributed by atoms with Crippen LogP contribution in [0.4, 0.5) is 5.69 Å². The van der Waals surface area contributed by atoms with Crippen LogP contribution >= 0.6 is 11.6 Å². The Balaban J connectivity index is 2.14. The molecule has 0 saturated heterocycles. The maximum Gasteiger partial charge on any atom is 0.244 e. The average Bonchev–Trinajstić information content (AvgIpc) is 3.22. The van der Waals surface area contributed by atoms with Crippen molar-refractivity contribution in [2.75, 3.05) is 11.9 Å². The molecule has 1 aromatic rings. The number of rotatable bonds is 6. The molecule has 1 amide bonds. The number of carbonyl (C=O) groups excluding carboxylic acids is 1. The number of anilines is 1. The van der Waals surface area contributed by atoms with Gasteiger partial charge in [-0.15, -0.1) is 0 Å². The number of ether oxygens (including phenoxy) is 1. The minimum Gasteiger partial charge on any atom is -0.491 e. The van der Waals surface area contributed by atoms with E-state index in [-0.39, 0.29) is 11.8 Å². The normalized spacial score (nSPS) is 17.4.